The molecule has 1 aromatic carbocycles. The van der Waals surface area contributed by atoms with E-state index in [1.807, 2.05) is 98.0 Å². The molecule has 8 N–H and O–H groups in total. The number of hydrogen-bond acceptors (Lipinski definition) is 31. The third-order valence-electron chi connectivity index (χ3n) is 17.4. The van der Waals surface area contributed by atoms with Gasteiger partial charge >= 0.3 is 36.7 Å². The van der Waals surface area contributed by atoms with Gasteiger partial charge < -0.3 is 72.0 Å². The van der Waals surface area contributed by atoms with Crippen molar-refractivity contribution in [2.45, 2.75) is 103 Å². The number of hydrogen-bond donors (Lipinski definition) is 4. The van der Waals surface area contributed by atoms with Crippen molar-refractivity contribution < 1.29 is 126 Å². The van der Waals surface area contributed by atoms with Gasteiger partial charge in [0.15, 0.2) is 35.7 Å². The van der Waals surface area contributed by atoms with E-state index in [4.69, 9.17) is 57.0 Å². The molecule has 0 bridgehead atoms. The molecular weight excluding hydrogens is 1810 g/mol. The van der Waals surface area contributed by atoms with E-state index in [1.165, 1.54) is 58.7 Å². The van der Waals surface area contributed by atoms with Gasteiger partial charge in [-0.05, 0) is 191 Å². The number of pyridine rings is 6. The summed E-state index contributed by atoms with van der Waals surface area (Å²) < 4.78 is 73.2. The van der Waals surface area contributed by atoms with Gasteiger partial charge in [0, 0.05) is 129 Å². The SMILES string of the molecule is CC(=O)c1ccccn1.CC1(C)OB(c2ccc3c(c2)CCCO3)OC1(C)C.COC(OC)C(=O)CC(=O)c1ccccn1.COC(OC)C(C)=O.COC(OC)c1[nH]nc(-c2ccccn2)c1Br.COC(OC)c1c(Br)c(-c2ccccn2)nn1C.COC(OC)c1cc(-c2ccccn2)n[nH]1.C[O-].Cn1nc(-c2ccccn2)c(Br)c1C=O.NN.O.[Na+]. The number of ether oxygens (including phenoxy) is 11. The smallest absolute Gasteiger partial charge is 0.857 e. The fourth-order valence-electron chi connectivity index (χ4n) is 10.7. The van der Waals surface area contributed by atoms with Crippen molar-refractivity contribution >= 4 is 89.8 Å². The number of H-pyrrole nitrogens is 2. The van der Waals surface area contributed by atoms with Crippen molar-refractivity contribution in [3.05, 3.63) is 224 Å². The van der Waals surface area contributed by atoms with Gasteiger partial charge in [0.1, 0.15) is 57.0 Å². The molecule has 0 amide bonds. The van der Waals surface area contributed by atoms with Crippen LogP contribution in [0.15, 0.2) is 184 Å². The van der Waals surface area contributed by atoms with Crippen LogP contribution in [0.1, 0.15) is 127 Å². The molecule has 2 aliphatic heterocycles. The van der Waals surface area contributed by atoms with E-state index < -0.39 is 37.2 Å². The van der Waals surface area contributed by atoms with E-state index in [0.29, 0.717) is 21.6 Å². The molecule has 0 unspecified atom stereocenters. The van der Waals surface area contributed by atoms with Gasteiger partial charge in [-0.25, -0.2) is 0 Å². The number of Topliss-reactive ketones (excluding diaryl/α,β-unsaturated/α-hetero) is 4. The van der Waals surface area contributed by atoms with Gasteiger partial charge in [-0.15, -0.1) is 0 Å². The Morgan fingerprint density at radius 3 is 1.38 bits per heavy atom. The second kappa shape index (κ2) is 59.0. The van der Waals surface area contributed by atoms with Gasteiger partial charge in [0.05, 0.1) is 66.1 Å². The number of nitrogens with two attached hydrogens (primary N) is 2. The number of rotatable bonds is 25. The Balaban J connectivity index is 0.000000481. The molecule has 0 saturated carbocycles. The first-order chi connectivity index (χ1) is 58.6. The topological polar surface area (TPSA) is 482 Å². The van der Waals surface area contributed by atoms with Crippen LogP contribution in [-0.4, -0.2) is 220 Å². The van der Waals surface area contributed by atoms with Crippen molar-refractivity contribution in [3.63, 3.8) is 0 Å². The number of halogens is 3. The molecule has 1 saturated heterocycles. The first kappa shape index (κ1) is 111. The predicted molar refractivity (Wildman–Crippen MR) is 468 cm³/mol. The van der Waals surface area contributed by atoms with Gasteiger partial charge in [-0.3, -0.25) is 85.1 Å². The summed E-state index contributed by atoms with van der Waals surface area (Å²) in [6.45, 7) is 12.1. The van der Waals surface area contributed by atoms with E-state index in [2.05, 4.69) is 163 Å². The van der Waals surface area contributed by atoms with Crippen molar-refractivity contribution in [3.8, 4) is 51.3 Å². The van der Waals surface area contributed by atoms with Gasteiger partial charge in [-0.1, -0.05) is 48.5 Å². The minimum atomic E-state index is -0.993. The molecule has 36 nitrogen and oxygen atoms in total. The van der Waals surface area contributed by atoms with Crippen molar-refractivity contribution in [2.75, 3.05) is 84.8 Å². The third kappa shape index (κ3) is 33.4. The van der Waals surface area contributed by atoms with Crippen LogP contribution in [0.25, 0.3) is 45.6 Å². The molecule has 11 aromatic rings. The monoisotopic (exact) mass is 1920 g/mol. The fraction of sp³-hybridized carbons (Fsp3) is 0.361. The van der Waals surface area contributed by atoms with Crippen molar-refractivity contribution in [1.29, 1.82) is 0 Å². The Bertz CT molecular complexity index is 4850. The number of nitrogens with one attached hydrogen (secondary N) is 2. The molecule has 124 heavy (non-hydrogen) atoms. The van der Waals surface area contributed by atoms with Crippen LogP contribution >= 0.6 is 47.8 Å². The summed E-state index contributed by atoms with van der Waals surface area (Å²) in [5.74, 6) is 8.14. The number of aromatic amines is 2. The normalized spacial score (nSPS) is 12.2. The minimum Gasteiger partial charge on any atom is -0.857 e. The van der Waals surface area contributed by atoms with E-state index in [9.17, 15) is 24.0 Å². The molecule has 10 aromatic heterocycles. The number of ketones is 4. The summed E-state index contributed by atoms with van der Waals surface area (Å²) in [4.78, 5) is 79.4. The molecule has 0 aliphatic carbocycles. The van der Waals surface area contributed by atoms with Crippen LogP contribution in [0.5, 0.6) is 5.75 Å². The van der Waals surface area contributed by atoms with Crippen LogP contribution in [0, 0.1) is 0 Å². The molecule has 12 heterocycles. The number of hydrazine groups is 1. The number of nitrogens with zero attached hydrogens (tertiary/aromatic N) is 12. The predicted octanol–water partition coefficient (Wildman–Crippen LogP) is 7.49. The first-order valence-corrected chi connectivity index (χ1v) is 39.4. The van der Waals surface area contributed by atoms with Crippen molar-refractivity contribution in [1.82, 2.24) is 69.9 Å². The number of carbonyl (C=O) groups is 5. The number of benzene rings is 1. The maximum absolute atomic E-state index is 11.6. The fourth-order valence-corrected chi connectivity index (χ4v) is 12.7. The zero-order valence-electron chi connectivity index (χ0n) is 72.9. The summed E-state index contributed by atoms with van der Waals surface area (Å²) in [6.07, 6.45) is 9.59. The minimum absolute atomic E-state index is 0. The molecule has 13 rings (SSSR count). The Morgan fingerprint density at radius 2 is 0.976 bits per heavy atom. The quantitative estimate of drug-likeness (QED) is 0.00818. The standard InChI is InChI=1S/C15H21BO3.C12H14BrN3O2.C11H12BrN3O2.C11H13N3O2.C11H13NO4.C10H8BrN3O.C7H7NO.C5H10O3.CH3O.H4N2.Na.H2O/c1-14(2)15(3,4)19-16(18-14)12-7-8-13-11(10-12)6-5-9-17-13;1-16-11(12(17-2)18-3)9(13)10(15-16)8-6-4-5-7-14-8;1-16-11(17-2)10-8(12)9(14-15-10)7-5-3-4-6-13-7;1-15-11(16-2)10-7-9(13-14-10)8-5-3-4-6-12-8;1-15-11(16-2)10(14)7-9(13)8-5-3-4-6-12-8;1-14-8(6-15)9(11)10(13-14)7-4-2-3-5-12-7;1-6(9)7-4-2-3-5-8-7;1-4(6)5(7-2)8-3;2*1-2;;/h7-8,10H,5-6,9H2,1-4H3;4-7,12H,1-3H3;3-6,11H,1-2H3,(H,14,15);3-7,11H,1-2H3,(H,13,14);3-6,11H,7H2,1-2H3;2-6H,1H3;2-5H,1H3;5H,1-3H3;1H3;1-2H2;;1H2/q;;;;;;;;-1;;+1;. The van der Waals surface area contributed by atoms with Gasteiger partial charge in [0.2, 0.25) is 25.2 Å². The van der Waals surface area contributed by atoms with Gasteiger partial charge in [-0.2, -0.15) is 27.5 Å². The third-order valence-corrected chi connectivity index (χ3v) is 19.7. The number of aldehydes is 1. The van der Waals surface area contributed by atoms with Crippen LogP contribution in [0.3, 0.4) is 0 Å². The molecular formula is C83H107BBr3N16NaO20. The van der Waals surface area contributed by atoms with Crippen LogP contribution < -0.4 is 56.5 Å². The van der Waals surface area contributed by atoms with Crippen LogP contribution in [0.4, 0.5) is 0 Å². The molecule has 2 aliphatic rings. The van der Waals surface area contributed by atoms with Crippen LogP contribution in [0.2, 0.25) is 0 Å². The van der Waals surface area contributed by atoms with E-state index in [1.54, 1.807) is 122 Å². The average molecular weight is 1920 g/mol. The average Bonchev–Trinajstić information content (AvgIpc) is 1.62. The summed E-state index contributed by atoms with van der Waals surface area (Å²) in [7, 11) is 19.1. The number of fused-ring (bicyclic) bond motifs is 1. The molecule has 41 heteroatoms. The molecule has 0 spiro atoms. The Morgan fingerprint density at radius 1 is 0.532 bits per heavy atom. The first-order valence-electron chi connectivity index (χ1n) is 37.0. The maximum Gasteiger partial charge on any atom is 1.00 e. The second-order valence-electron chi connectivity index (χ2n) is 25.9. The number of aryl methyl sites for hydroxylation is 3. The summed E-state index contributed by atoms with van der Waals surface area (Å²) in [6, 6.07) is 40.9. The zero-order valence-corrected chi connectivity index (χ0v) is 79.7. The van der Waals surface area contributed by atoms with E-state index >= 15 is 0 Å². The zero-order chi connectivity index (χ0) is 90.5. The number of methoxy groups -OCH3 is 10. The summed E-state index contributed by atoms with van der Waals surface area (Å²) in [5, 5.41) is 31.0. The summed E-state index contributed by atoms with van der Waals surface area (Å²) in [5.41, 5.74) is 11.5. The molecule has 664 valence electrons. The van der Waals surface area contributed by atoms with Crippen molar-refractivity contribution in [2.24, 2.45) is 25.8 Å². The Hall–Kier alpha value is -9.03. The Labute approximate surface area is 768 Å². The summed E-state index contributed by atoms with van der Waals surface area (Å²) >= 11 is 10.4. The van der Waals surface area contributed by atoms with E-state index in [-0.39, 0.29) is 82.8 Å². The molecule has 1 fully saturated rings. The largest absolute Gasteiger partial charge is 1.00 e. The number of aromatic nitrogens is 14. The Kier molecular flexibility index (Phi) is 52.9. The maximum atomic E-state index is 11.6. The van der Waals surface area contributed by atoms with E-state index in [0.717, 1.165) is 110 Å². The molecule has 0 radical (unpaired) electrons. The van der Waals surface area contributed by atoms with Crippen LogP contribution in [-0.2, 0) is 86.8 Å². The second-order valence-corrected chi connectivity index (χ2v) is 28.3. The molecule has 0 atom stereocenters. The van der Waals surface area contributed by atoms with Gasteiger partial charge in [0.25, 0.3) is 0 Å². The number of carbonyl (C=O) groups excluding carboxylic acids is 5.